The van der Waals surface area contributed by atoms with Gasteiger partial charge in [0.1, 0.15) is 6.61 Å². The van der Waals surface area contributed by atoms with E-state index in [1.54, 1.807) is 7.11 Å². The summed E-state index contributed by atoms with van der Waals surface area (Å²) in [6.07, 6.45) is 1.85. The zero-order chi connectivity index (χ0) is 24.4. The molecule has 1 heterocycles. The lowest BCUT2D eigenvalue weighted by molar-refractivity contribution is -0.481. The summed E-state index contributed by atoms with van der Waals surface area (Å²) in [5.41, 5.74) is 3.64. The van der Waals surface area contributed by atoms with Crippen LogP contribution in [0.4, 0.5) is 0 Å². The van der Waals surface area contributed by atoms with E-state index >= 15 is 0 Å². The summed E-state index contributed by atoms with van der Waals surface area (Å²) < 4.78 is 12.6. The first-order chi connectivity index (χ1) is 17.0. The Morgan fingerprint density at radius 1 is 1.00 bits per heavy atom. The fourth-order valence-corrected chi connectivity index (χ4v) is 5.14. The Bertz CT molecular complexity index is 1520. The van der Waals surface area contributed by atoms with Crippen molar-refractivity contribution < 1.29 is 14.4 Å². The Balaban J connectivity index is 1.51. The average Bonchev–Trinajstić information content (AvgIpc) is 3.30. The van der Waals surface area contributed by atoms with E-state index in [4.69, 9.17) is 9.47 Å². The molecule has 35 heavy (non-hydrogen) atoms. The summed E-state index contributed by atoms with van der Waals surface area (Å²) in [7, 11) is 1.57. The third-order valence-electron chi connectivity index (χ3n) is 6.23. The lowest BCUT2D eigenvalue weighted by atomic mass is 9.90. The molecule has 0 bridgehead atoms. The monoisotopic (exact) mass is 530 g/mol. The highest BCUT2D eigenvalue weighted by atomic mass is 79.9. The number of nitrogens with zero attached hydrogens (tertiary/aromatic N) is 1. The van der Waals surface area contributed by atoms with Crippen molar-refractivity contribution >= 4 is 37.6 Å². The van der Waals surface area contributed by atoms with Gasteiger partial charge in [-0.15, -0.1) is 0 Å². The summed E-state index contributed by atoms with van der Waals surface area (Å²) in [6, 6.07) is 25.8. The number of aromatic amines is 1. The van der Waals surface area contributed by atoms with Crippen molar-refractivity contribution in [2.75, 3.05) is 13.7 Å². The molecule has 1 aromatic heterocycles. The molecule has 1 N–H and O–H groups in total. The van der Waals surface area contributed by atoms with Gasteiger partial charge in [0.15, 0.2) is 11.5 Å². The molecule has 0 amide bonds. The van der Waals surface area contributed by atoms with E-state index in [9.17, 15) is 10.1 Å². The summed E-state index contributed by atoms with van der Waals surface area (Å²) in [5, 5.41) is 14.9. The van der Waals surface area contributed by atoms with Crippen LogP contribution in [0.15, 0.2) is 89.5 Å². The van der Waals surface area contributed by atoms with Crippen LogP contribution in [0.3, 0.4) is 0 Å². The van der Waals surface area contributed by atoms with Gasteiger partial charge in [-0.05, 0) is 61.6 Å². The molecule has 0 aliphatic carbocycles. The number of ether oxygens (including phenoxy) is 2. The van der Waals surface area contributed by atoms with Crippen LogP contribution in [0.1, 0.15) is 22.6 Å². The summed E-state index contributed by atoms with van der Waals surface area (Å²) >= 11 is 3.63. The molecule has 7 heteroatoms. The zero-order valence-electron chi connectivity index (χ0n) is 19.0. The average molecular weight is 531 g/mol. The topological polar surface area (TPSA) is 77.4 Å². The van der Waals surface area contributed by atoms with Crippen LogP contribution in [0, 0.1) is 10.1 Å². The number of aromatic nitrogens is 1. The van der Waals surface area contributed by atoms with E-state index in [-0.39, 0.29) is 11.5 Å². The number of halogens is 1. The lowest BCUT2D eigenvalue weighted by Crippen LogP contribution is -2.14. The standard InChI is InChI=1S/C28H23BrN2O4/c1-34-27-14-20(24(16-31(32)33)23-15-30-26-12-5-4-11-22(23)26)13-25(29)28(27)35-17-19-9-6-8-18-7-2-3-10-21(18)19/h2-15,24,30H,16-17H2,1H3/t24-/m1/s1. The predicted molar refractivity (Wildman–Crippen MR) is 141 cm³/mol. The van der Waals surface area contributed by atoms with Gasteiger partial charge in [0.2, 0.25) is 6.54 Å². The summed E-state index contributed by atoms with van der Waals surface area (Å²) in [5.74, 6) is 0.615. The highest BCUT2D eigenvalue weighted by molar-refractivity contribution is 9.10. The van der Waals surface area contributed by atoms with Crippen molar-refractivity contribution in [1.82, 2.24) is 4.98 Å². The molecule has 0 fully saturated rings. The van der Waals surface area contributed by atoms with E-state index in [2.05, 4.69) is 39.1 Å². The van der Waals surface area contributed by atoms with Crippen molar-refractivity contribution in [3.05, 3.63) is 116 Å². The van der Waals surface area contributed by atoms with E-state index in [0.29, 0.717) is 22.6 Å². The maximum absolute atomic E-state index is 11.6. The Kier molecular flexibility index (Phi) is 6.42. The van der Waals surface area contributed by atoms with Crippen molar-refractivity contribution in [2.24, 2.45) is 0 Å². The highest BCUT2D eigenvalue weighted by Crippen LogP contribution is 2.41. The van der Waals surface area contributed by atoms with E-state index in [1.165, 1.54) is 0 Å². The largest absolute Gasteiger partial charge is 0.493 e. The molecule has 176 valence electrons. The van der Waals surface area contributed by atoms with Crippen LogP contribution in [-0.4, -0.2) is 23.6 Å². The first kappa shape index (κ1) is 22.9. The van der Waals surface area contributed by atoms with Crippen molar-refractivity contribution in [2.45, 2.75) is 12.5 Å². The first-order valence-corrected chi connectivity index (χ1v) is 12.0. The number of para-hydroxylation sites is 1. The molecular formula is C28H23BrN2O4. The van der Waals surface area contributed by atoms with Gasteiger partial charge in [0.05, 0.1) is 17.5 Å². The molecule has 1 atom stereocenters. The van der Waals surface area contributed by atoms with Gasteiger partial charge in [-0.2, -0.15) is 0 Å². The van der Waals surface area contributed by atoms with Gasteiger partial charge in [-0.1, -0.05) is 60.7 Å². The Labute approximate surface area is 210 Å². The molecule has 0 aliphatic heterocycles. The van der Waals surface area contributed by atoms with Gasteiger partial charge in [0, 0.05) is 22.0 Å². The van der Waals surface area contributed by atoms with Crippen LogP contribution in [-0.2, 0) is 6.61 Å². The van der Waals surface area contributed by atoms with E-state index in [0.717, 1.165) is 38.4 Å². The number of benzene rings is 4. The fraction of sp³-hybridized carbons (Fsp3) is 0.143. The number of H-pyrrole nitrogens is 1. The molecule has 0 saturated carbocycles. The van der Waals surface area contributed by atoms with Crippen molar-refractivity contribution in [1.29, 1.82) is 0 Å². The number of hydrogen-bond acceptors (Lipinski definition) is 4. The minimum absolute atomic E-state index is 0.242. The molecule has 0 saturated heterocycles. The van der Waals surface area contributed by atoms with Gasteiger partial charge in [-0.25, -0.2) is 0 Å². The predicted octanol–water partition coefficient (Wildman–Crippen LogP) is 7.08. The van der Waals surface area contributed by atoms with Crippen molar-refractivity contribution in [3.8, 4) is 11.5 Å². The second kappa shape index (κ2) is 9.80. The van der Waals surface area contributed by atoms with Crippen LogP contribution < -0.4 is 9.47 Å². The maximum atomic E-state index is 11.6. The Morgan fingerprint density at radius 2 is 1.74 bits per heavy atom. The number of nitro groups is 1. The van der Waals surface area contributed by atoms with Gasteiger partial charge < -0.3 is 14.5 Å². The second-order valence-electron chi connectivity index (χ2n) is 8.32. The smallest absolute Gasteiger partial charge is 0.214 e. The first-order valence-electron chi connectivity index (χ1n) is 11.2. The van der Waals surface area contributed by atoms with E-state index < -0.39 is 5.92 Å². The molecule has 5 aromatic rings. The second-order valence-corrected chi connectivity index (χ2v) is 9.17. The quantitative estimate of drug-likeness (QED) is 0.172. The maximum Gasteiger partial charge on any atom is 0.214 e. The van der Waals surface area contributed by atoms with Crippen LogP contribution in [0.2, 0.25) is 0 Å². The molecule has 5 rings (SSSR count). The summed E-state index contributed by atoms with van der Waals surface area (Å²) in [4.78, 5) is 14.6. The number of rotatable bonds is 8. The van der Waals surface area contributed by atoms with Gasteiger partial charge >= 0.3 is 0 Å². The van der Waals surface area contributed by atoms with E-state index in [1.807, 2.05) is 66.9 Å². The van der Waals surface area contributed by atoms with Gasteiger partial charge in [-0.3, -0.25) is 10.1 Å². The third kappa shape index (κ3) is 4.59. The van der Waals surface area contributed by atoms with Gasteiger partial charge in [0.25, 0.3) is 0 Å². The number of hydrogen-bond donors (Lipinski definition) is 1. The minimum Gasteiger partial charge on any atom is -0.493 e. The SMILES string of the molecule is COc1cc([C@@H](C[N+](=O)[O-])c2c[nH]c3ccccc23)cc(Br)c1OCc1cccc2ccccc12. The molecule has 0 aliphatic rings. The minimum atomic E-state index is -0.460. The third-order valence-corrected chi connectivity index (χ3v) is 6.82. The molecule has 0 radical (unpaired) electrons. The molecule has 0 spiro atoms. The number of nitrogens with one attached hydrogen (secondary N) is 1. The van der Waals surface area contributed by atoms with Crippen LogP contribution in [0.25, 0.3) is 21.7 Å². The Morgan fingerprint density at radius 3 is 2.54 bits per heavy atom. The Hall–Kier alpha value is -3.84. The molecular weight excluding hydrogens is 508 g/mol. The molecule has 6 nitrogen and oxygen atoms in total. The highest BCUT2D eigenvalue weighted by Gasteiger charge is 2.26. The summed E-state index contributed by atoms with van der Waals surface area (Å²) in [6.45, 7) is 0.115. The lowest BCUT2D eigenvalue weighted by Gasteiger charge is -2.18. The molecule has 4 aromatic carbocycles. The van der Waals surface area contributed by atoms with Crippen LogP contribution >= 0.6 is 15.9 Å². The number of fused-ring (bicyclic) bond motifs is 2. The zero-order valence-corrected chi connectivity index (χ0v) is 20.6. The normalized spacial score (nSPS) is 12.1. The van der Waals surface area contributed by atoms with Crippen LogP contribution in [0.5, 0.6) is 11.5 Å². The molecule has 0 unspecified atom stereocenters. The van der Waals surface area contributed by atoms with Crippen molar-refractivity contribution in [3.63, 3.8) is 0 Å². The number of methoxy groups -OCH3 is 1. The fourth-order valence-electron chi connectivity index (χ4n) is 4.56.